The van der Waals surface area contributed by atoms with Crippen LogP contribution in [-0.2, 0) is 9.53 Å². The summed E-state index contributed by atoms with van der Waals surface area (Å²) in [5.74, 6) is 0.175. The summed E-state index contributed by atoms with van der Waals surface area (Å²) in [6.45, 7) is 14.5. The van der Waals surface area contributed by atoms with E-state index in [1.165, 1.54) is 7.11 Å². The molecular formula is C18H33N3O3. The van der Waals surface area contributed by atoms with Crippen LogP contribution >= 0.6 is 0 Å². The minimum absolute atomic E-state index is 0.184. The van der Waals surface area contributed by atoms with E-state index in [0.717, 1.165) is 19.5 Å². The molecule has 0 spiro atoms. The molecule has 0 aromatic rings. The first kappa shape index (κ1) is 22.2. The van der Waals surface area contributed by atoms with Crippen molar-refractivity contribution in [2.75, 3.05) is 33.3 Å². The Balaban J connectivity index is 4.15. The van der Waals surface area contributed by atoms with Crippen molar-refractivity contribution < 1.29 is 14.3 Å². The Morgan fingerprint density at radius 1 is 1.12 bits per heavy atom. The SMILES string of the molecule is C=CCN(CC=C)C(CNC(=O)NCCCCC(=O)OC)C(C)C. The number of methoxy groups -OCH3 is 1. The maximum Gasteiger partial charge on any atom is 0.314 e. The van der Waals surface area contributed by atoms with Crippen LogP contribution in [0.15, 0.2) is 25.3 Å². The molecular weight excluding hydrogens is 306 g/mol. The molecule has 0 aromatic heterocycles. The topological polar surface area (TPSA) is 70.7 Å². The highest BCUT2D eigenvalue weighted by molar-refractivity contribution is 5.73. The molecule has 1 atom stereocenters. The average molecular weight is 339 g/mol. The Morgan fingerprint density at radius 2 is 1.75 bits per heavy atom. The van der Waals surface area contributed by atoms with Gasteiger partial charge in [-0.1, -0.05) is 26.0 Å². The lowest BCUT2D eigenvalue weighted by atomic mass is 10.0. The van der Waals surface area contributed by atoms with Gasteiger partial charge in [0.25, 0.3) is 0 Å². The number of carbonyl (C=O) groups excluding carboxylic acids is 2. The highest BCUT2D eigenvalue weighted by Gasteiger charge is 2.20. The van der Waals surface area contributed by atoms with E-state index in [-0.39, 0.29) is 18.0 Å². The molecule has 0 aliphatic heterocycles. The van der Waals surface area contributed by atoms with Gasteiger partial charge < -0.3 is 15.4 Å². The highest BCUT2D eigenvalue weighted by Crippen LogP contribution is 2.10. The number of esters is 1. The lowest BCUT2D eigenvalue weighted by Gasteiger charge is -2.33. The van der Waals surface area contributed by atoms with Crippen molar-refractivity contribution in [1.82, 2.24) is 15.5 Å². The van der Waals surface area contributed by atoms with E-state index in [1.54, 1.807) is 0 Å². The zero-order valence-electron chi connectivity index (χ0n) is 15.3. The van der Waals surface area contributed by atoms with E-state index in [9.17, 15) is 9.59 Å². The van der Waals surface area contributed by atoms with E-state index >= 15 is 0 Å². The van der Waals surface area contributed by atoms with Gasteiger partial charge in [-0.25, -0.2) is 4.79 Å². The second-order valence-electron chi connectivity index (χ2n) is 6.01. The van der Waals surface area contributed by atoms with Crippen LogP contribution in [0.2, 0.25) is 0 Å². The van der Waals surface area contributed by atoms with Crippen LogP contribution in [0.4, 0.5) is 4.79 Å². The van der Waals surface area contributed by atoms with Gasteiger partial charge >= 0.3 is 12.0 Å². The Bertz CT molecular complexity index is 387. The largest absolute Gasteiger partial charge is 0.469 e. The summed E-state index contributed by atoms with van der Waals surface area (Å²) in [4.78, 5) is 25.1. The van der Waals surface area contributed by atoms with Gasteiger partial charge in [0.2, 0.25) is 0 Å². The number of rotatable bonds is 13. The number of nitrogens with zero attached hydrogens (tertiary/aromatic N) is 1. The smallest absolute Gasteiger partial charge is 0.314 e. The third kappa shape index (κ3) is 10.0. The first-order valence-electron chi connectivity index (χ1n) is 8.50. The summed E-state index contributed by atoms with van der Waals surface area (Å²) >= 11 is 0. The third-order valence-corrected chi connectivity index (χ3v) is 3.76. The van der Waals surface area contributed by atoms with Crippen LogP contribution in [0.3, 0.4) is 0 Å². The average Bonchev–Trinajstić information content (AvgIpc) is 2.54. The van der Waals surface area contributed by atoms with Crippen LogP contribution in [0.5, 0.6) is 0 Å². The minimum atomic E-state index is -0.219. The molecule has 0 aliphatic rings. The number of urea groups is 1. The third-order valence-electron chi connectivity index (χ3n) is 3.76. The molecule has 0 aliphatic carbocycles. The number of ether oxygens (including phenoxy) is 1. The molecule has 0 saturated carbocycles. The fraction of sp³-hybridized carbons (Fsp3) is 0.667. The van der Waals surface area contributed by atoms with Crippen molar-refractivity contribution >= 4 is 12.0 Å². The van der Waals surface area contributed by atoms with E-state index in [4.69, 9.17) is 0 Å². The fourth-order valence-electron chi connectivity index (χ4n) is 2.42. The number of hydrogen-bond donors (Lipinski definition) is 2. The fourth-order valence-corrected chi connectivity index (χ4v) is 2.42. The molecule has 24 heavy (non-hydrogen) atoms. The van der Waals surface area contributed by atoms with E-state index in [0.29, 0.717) is 31.8 Å². The summed E-state index contributed by atoms with van der Waals surface area (Å²) < 4.78 is 4.57. The van der Waals surface area contributed by atoms with Gasteiger partial charge in [0.15, 0.2) is 0 Å². The van der Waals surface area contributed by atoms with E-state index < -0.39 is 0 Å². The molecule has 138 valence electrons. The van der Waals surface area contributed by atoms with Gasteiger partial charge in [-0.15, -0.1) is 13.2 Å². The normalized spacial score (nSPS) is 11.9. The van der Waals surface area contributed by atoms with Crippen molar-refractivity contribution in [3.05, 3.63) is 25.3 Å². The molecule has 6 heteroatoms. The van der Waals surface area contributed by atoms with Gasteiger partial charge in [-0.2, -0.15) is 0 Å². The standard InChI is InChI=1S/C18H33N3O3/c1-6-12-21(13-7-2)16(15(3)4)14-20-18(23)19-11-9-8-10-17(22)24-5/h6-7,15-16H,1-2,8-14H2,3-5H3,(H2,19,20,23). The Labute approximate surface area is 146 Å². The van der Waals surface area contributed by atoms with Crippen LogP contribution in [0.25, 0.3) is 0 Å². The molecule has 0 rings (SSSR count). The molecule has 0 bridgehead atoms. The quantitative estimate of drug-likeness (QED) is 0.307. The predicted molar refractivity (Wildman–Crippen MR) is 97.9 cm³/mol. The summed E-state index contributed by atoms with van der Waals surface area (Å²) in [7, 11) is 1.38. The summed E-state index contributed by atoms with van der Waals surface area (Å²) in [5, 5.41) is 5.73. The Kier molecular flexibility index (Phi) is 12.6. The van der Waals surface area contributed by atoms with Crippen molar-refractivity contribution in [3.63, 3.8) is 0 Å². The van der Waals surface area contributed by atoms with Gasteiger partial charge in [0, 0.05) is 38.6 Å². The second-order valence-corrected chi connectivity index (χ2v) is 6.01. The molecule has 0 fully saturated rings. The Hall–Kier alpha value is -1.82. The maximum atomic E-state index is 11.9. The molecule has 2 N–H and O–H groups in total. The van der Waals surface area contributed by atoms with Crippen molar-refractivity contribution in [3.8, 4) is 0 Å². The lowest BCUT2D eigenvalue weighted by Crippen LogP contribution is -2.49. The first-order valence-corrected chi connectivity index (χ1v) is 8.50. The maximum absolute atomic E-state index is 11.9. The zero-order chi connectivity index (χ0) is 18.4. The monoisotopic (exact) mass is 339 g/mol. The molecule has 6 nitrogen and oxygen atoms in total. The summed E-state index contributed by atoms with van der Waals surface area (Å²) in [5.41, 5.74) is 0. The van der Waals surface area contributed by atoms with Gasteiger partial charge in [-0.05, 0) is 18.8 Å². The lowest BCUT2D eigenvalue weighted by molar-refractivity contribution is -0.140. The molecule has 0 saturated heterocycles. The number of hydrogen-bond acceptors (Lipinski definition) is 4. The summed E-state index contributed by atoms with van der Waals surface area (Å²) in [6, 6.07) is 0.0296. The van der Waals surface area contributed by atoms with Crippen molar-refractivity contribution in [2.24, 2.45) is 5.92 Å². The number of nitrogens with one attached hydrogen (secondary N) is 2. The van der Waals surface area contributed by atoms with E-state index in [2.05, 4.69) is 47.3 Å². The van der Waals surface area contributed by atoms with Crippen LogP contribution in [0.1, 0.15) is 33.1 Å². The van der Waals surface area contributed by atoms with Gasteiger partial charge in [-0.3, -0.25) is 9.69 Å². The van der Waals surface area contributed by atoms with Crippen LogP contribution in [0, 0.1) is 5.92 Å². The number of amides is 2. The molecule has 0 heterocycles. The molecule has 0 radical (unpaired) electrons. The Morgan fingerprint density at radius 3 is 2.25 bits per heavy atom. The zero-order valence-corrected chi connectivity index (χ0v) is 15.3. The minimum Gasteiger partial charge on any atom is -0.469 e. The molecule has 2 amide bonds. The first-order chi connectivity index (χ1) is 11.5. The highest BCUT2D eigenvalue weighted by atomic mass is 16.5. The van der Waals surface area contributed by atoms with Crippen molar-refractivity contribution in [1.29, 1.82) is 0 Å². The van der Waals surface area contributed by atoms with E-state index in [1.807, 2.05) is 12.2 Å². The predicted octanol–water partition coefficient (Wildman–Crippen LogP) is 2.33. The number of carbonyl (C=O) groups is 2. The molecule has 1 unspecified atom stereocenters. The molecule has 0 aromatic carbocycles. The van der Waals surface area contributed by atoms with Crippen molar-refractivity contribution in [2.45, 2.75) is 39.2 Å². The number of unbranched alkanes of at least 4 members (excludes halogenated alkanes) is 1. The van der Waals surface area contributed by atoms with Crippen LogP contribution < -0.4 is 10.6 Å². The van der Waals surface area contributed by atoms with Gasteiger partial charge in [0.05, 0.1) is 7.11 Å². The van der Waals surface area contributed by atoms with Gasteiger partial charge in [0.1, 0.15) is 0 Å². The summed E-state index contributed by atoms with van der Waals surface area (Å²) in [6.07, 6.45) is 5.55. The second kappa shape index (κ2) is 13.6. The van der Waals surface area contributed by atoms with Crippen LogP contribution in [-0.4, -0.2) is 56.2 Å².